The van der Waals surface area contributed by atoms with E-state index in [-0.39, 0.29) is 22.6 Å². The van der Waals surface area contributed by atoms with Crippen LogP contribution in [0.2, 0.25) is 0 Å². The Morgan fingerprint density at radius 2 is 1.86 bits per heavy atom. The molecule has 0 atom stereocenters. The fourth-order valence-electron chi connectivity index (χ4n) is 1.65. The molecule has 1 amide bonds. The van der Waals surface area contributed by atoms with Crippen molar-refractivity contribution in [3.05, 3.63) is 56.9 Å². The lowest BCUT2D eigenvalue weighted by Crippen LogP contribution is -2.15. The number of carboxylic acids is 1. The Labute approximate surface area is 132 Å². The summed E-state index contributed by atoms with van der Waals surface area (Å²) in [6.45, 7) is 0. The van der Waals surface area contributed by atoms with Crippen molar-refractivity contribution < 1.29 is 24.2 Å². The fraction of sp³-hybridized carbons (Fsp3) is 0. The molecule has 0 unspecified atom stereocenters. The minimum Gasteiger partial charge on any atom is -0.507 e. The molecule has 2 aromatic carbocycles. The number of amides is 1. The van der Waals surface area contributed by atoms with Crippen LogP contribution in [0.25, 0.3) is 0 Å². The van der Waals surface area contributed by atoms with Gasteiger partial charge in [-0.25, -0.2) is 9.18 Å². The first-order valence-corrected chi connectivity index (χ1v) is 6.79. The lowest BCUT2D eigenvalue weighted by atomic mass is 10.1. The summed E-state index contributed by atoms with van der Waals surface area (Å²) < 4.78 is 13.6. The molecule has 0 aliphatic heterocycles. The molecule has 2 aromatic rings. The van der Waals surface area contributed by atoms with Crippen LogP contribution in [0.3, 0.4) is 0 Å². The van der Waals surface area contributed by atoms with E-state index in [1.54, 1.807) is 6.07 Å². The molecule has 5 nitrogen and oxygen atoms in total. The SMILES string of the molecule is O=C(Nc1ccc(F)cc1C(=O)O)c1ccc(I)c(O)c1. The average Bonchev–Trinajstić information content (AvgIpc) is 2.43. The van der Waals surface area contributed by atoms with E-state index in [1.165, 1.54) is 18.2 Å². The monoisotopic (exact) mass is 401 g/mol. The lowest BCUT2D eigenvalue weighted by molar-refractivity contribution is 0.0697. The van der Waals surface area contributed by atoms with Gasteiger partial charge >= 0.3 is 5.97 Å². The molecule has 0 radical (unpaired) electrons. The number of anilines is 1. The summed E-state index contributed by atoms with van der Waals surface area (Å²) in [4.78, 5) is 23.1. The van der Waals surface area contributed by atoms with Gasteiger partial charge in [-0.2, -0.15) is 0 Å². The third-order valence-corrected chi connectivity index (χ3v) is 3.58. The van der Waals surface area contributed by atoms with Crippen molar-refractivity contribution in [2.75, 3.05) is 5.32 Å². The Balaban J connectivity index is 2.31. The summed E-state index contributed by atoms with van der Waals surface area (Å²) in [7, 11) is 0. The molecule has 0 spiro atoms. The molecule has 0 heterocycles. The molecule has 0 fully saturated rings. The molecule has 3 N–H and O–H groups in total. The molecule has 2 rings (SSSR count). The van der Waals surface area contributed by atoms with E-state index in [0.29, 0.717) is 3.57 Å². The number of carbonyl (C=O) groups excluding carboxylic acids is 1. The summed E-state index contributed by atoms with van der Waals surface area (Å²) in [6, 6.07) is 7.34. The molecule has 0 saturated heterocycles. The van der Waals surface area contributed by atoms with Gasteiger partial charge in [0.15, 0.2) is 0 Å². The van der Waals surface area contributed by atoms with Crippen LogP contribution in [0.4, 0.5) is 10.1 Å². The Morgan fingerprint density at radius 3 is 2.48 bits per heavy atom. The first-order valence-electron chi connectivity index (χ1n) is 5.71. The molecule has 0 aliphatic carbocycles. The van der Waals surface area contributed by atoms with E-state index in [0.717, 1.165) is 12.1 Å². The molecule has 0 bridgehead atoms. The Kier molecular flexibility index (Phi) is 4.41. The van der Waals surface area contributed by atoms with E-state index in [2.05, 4.69) is 5.32 Å². The van der Waals surface area contributed by atoms with Crippen LogP contribution in [0.15, 0.2) is 36.4 Å². The number of phenols is 1. The number of nitrogens with one attached hydrogen (secondary N) is 1. The standard InChI is InChI=1S/C14H9FINO4/c15-8-2-4-11(9(6-8)14(20)21)17-13(19)7-1-3-10(16)12(18)5-7/h1-6,18H,(H,17,19)(H,20,21). The smallest absolute Gasteiger partial charge is 0.337 e. The van der Waals surface area contributed by atoms with Gasteiger partial charge in [0.1, 0.15) is 11.6 Å². The van der Waals surface area contributed by atoms with Crippen LogP contribution in [-0.4, -0.2) is 22.1 Å². The summed E-state index contributed by atoms with van der Waals surface area (Å²) in [6.07, 6.45) is 0. The van der Waals surface area contributed by atoms with Gasteiger partial charge in [0.2, 0.25) is 0 Å². The minimum atomic E-state index is -1.35. The van der Waals surface area contributed by atoms with Gasteiger partial charge in [-0.05, 0) is 59.0 Å². The number of phenolic OH excluding ortho intramolecular Hbond substituents is 1. The van der Waals surface area contributed by atoms with E-state index >= 15 is 0 Å². The largest absolute Gasteiger partial charge is 0.507 e. The Morgan fingerprint density at radius 1 is 1.14 bits per heavy atom. The highest BCUT2D eigenvalue weighted by Crippen LogP contribution is 2.22. The van der Waals surface area contributed by atoms with E-state index < -0.39 is 17.7 Å². The number of carboxylic acid groups (broad SMARTS) is 1. The third kappa shape index (κ3) is 3.48. The third-order valence-electron chi connectivity index (χ3n) is 2.67. The van der Waals surface area contributed by atoms with Crippen LogP contribution < -0.4 is 5.32 Å². The zero-order valence-corrected chi connectivity index (χ0v) is 12.6. The molecular weight excluding hydrogens is 392 g/mol. The van der Waals surface area contributed by atoms with Crippen LogP contribution in [0.5, 0.6) is 5.75 Å². The highest BCUT2D eigenvalue weighted by Gasteiger charge is 2.15. The van der Waals surface area contributed by atoms with Crippen LogP contribution in [0.1, 0.15) is 20.7 Å². The van der Waals surface area contributed by atoms with E-state index in [4.69, 9.17) is 5.11 Å². The van der Waals surface area contributed by atoms with E-state index in [9.17, 15) is 19.1 Å². The zero-order chi connectivity index (χ0) is 15.6. The summed E-state index contributed by atoms with van der Waals surface area (Å²) in [5.74, 6) is -2.72. The Hall–Kier alpha value is -2.16. The summed E-state index contributed by atoms with van der Waals surface area (Å²) >= 11 is 1.90. The second-order valence-electron chi connectivity index (χ2n) is 4.12. The average molecular weight is 401 g/mol. The quantitative estimate of drug-likeness (QED) is 0.691. The predicted molar refractivity (Wildman–Crippen MR) is 82.1 cm³/mol. The van der Waals surface area contributed by atoms with E-state index in [1.807, 2.05) is 22.6 Å². The number of aromatic carboxylic acids is 1. The second kappa shape index (κ2) is 6.08. The second-order valence-corrected chi connectivity index (χ2v) is 5.28. The number of carbonyl (C=O) groups is 2. The fourth-order valence-corrected chi connectivity index (χ4v) is 1.99. The van der Waals surface area contributed by atoms with Gasteiger partial charge in [-0.15, -0.1) is 0 Å². The number of hydrogen-bond acceptors (Lipinski definition) is 3. The highest BCUT2D eigenvalue weighted by molar-refractivity contribution is 14.1. The van der Waals surface area contributed by atoms with Crippen LogP contribution in [-0.2, 0) is 0 Å². The van der Waals surface area contributed by atoms with Crippen molar-refractivity contribution in [2.45, 2.75) is 0 Å². The molecule has 7 heteroatoms. The first-order chi connectivity index (χ1) is 9.88. The van der Waals surface area contributed by atoms with Crippen molar-refractivity contribution in [2.24, 2.45) is 0 Å². The van der Waals surface area contributed by atoms with Gasteiger partial charge < -0.3 is 15.5 Å². The van der Waals surface area contributed by atoms with Crippen molar-refractivity contribution in [3.8, 4) is 5.75 Å². The molecule has 0 aromatic heterocycles. The minimum absolute atomic E-state index is 0.0214. The normalized spacial score (nSPS) is 10.2. The van der Waals surface area contributed by atoms with Crippen molar-refractivity contribution in [1.82, 2.24) is 0 Å². The summed E-state index contributed by atoms with van der Waals surface area (Å²) in [5, 5.41) is 20.9. The Bertz CT molecular complexity index is 733. The highest BCUT2D eigenvalue weighted by atomic mass is 127. The van der Waals surface area contributed by atoms with Crippen molar-refractivity contribution in [3.63, 3.8) is 0 Å². The maximum atomic E-state index is 13.1. The van der Waals surface area contributed by atoms with Gasteiger partial charge in [0.05, 0.1) is 14.8 Å². The molecule has 0 saturated carbocycles. The molecule has 108 valence electrons. The summed E-state index contributed by atoms with van der Waals surface area (Å²) in [5.41, 5.74) is -0.210. The van der Waals surface area contributed by atoms with Crippen molar-refractivity contribution >= 4 is 40.2 Å². The van der Waals surface area contributed by atoms with Gasteiger partial charge in [-0.1, -0.05) is 0 Å². The zero-order valence-electron chi connectivity index (χ0n) is 10.4. The maximum Gasteiger partial charge on any atom is 0.337 e. The van der Waals surface area contributed by atoms with Crippen molar-refractivity contribution in [1.29, 1.82) is 0 Å². The lowest BCUT2D eigenvalue weighted by Gasteiger charge is -2.09. The predicted octanol–water partition coefficient (Wildman–Crippen LogP) is 3.09. The van der Waals surface area contributed by atoms with Gasteiger partial charge in [0.25, 0.3) is 5.91 Å². The van der Waals surface area contributed by atoms with Crippen LogP contribution in [0, 0.1) is 9.39 Å². The topological polar surface area (TPSA) is 86.6 Å². The number of halogens is 2. The molecular formula is C14H9FINO4. The number of aromatic hydroxyl groups is 1. The molecule has 0 aliphatic rings. The first kappa shape index (κ1) is 15.2. The number of rotatable bonds is 3. The number of benzene rings is 2. The molecule has 21 heavy (non-hydrogen) atoms. The van der Waals surface area contributed by atoms with Gasteiger partial charge in [-0.3, -0.25) is 4.79 Å². The maximum absolute atomic E-state index is 13.1. The van der Waals surface area contributed by atoms with Crippen LogP contribution >= 0.6 is 22.6 Å². The number of hydrogen-bond donors (Lipinski definition) is 3. The van der Waals surface area contributed by atoms with Gasteiger partial charge in [0, 0.05) is 5.56 Å².